The van der Waals surface area contributed by atoms with Crippen molar-refractivity contribution in [1.82, 2.24) is 9.80 Å². The summed E-state index contributed by atoms with van der Waals surface area (Å²) in [6, 6.07) is 0.882. The number of sulfonamides is 1. The molecule has 3 aliphatic heterocycles. The molecule has 3 rings (SSSR count). The van der Waals surface area contributed by atoms with Gasteiger partial charge < -0.3 is 9.64 Å². The number of carbonyl (C=O) groups excluding carboxylic acids is 1. The zero-order valence-electron chi connectivity index (χ0n) is 14.1. The summed E-state index contributed by atoms with van der Waals surface area (Å²) in [5, 5.41) is 4.93. The van der Waals surface area contributed by atoms with E-state index in [9.17, 15) is 13.2 Å². The van der Waals surface area contributed by atoms with Crippen LogP contribution in [0.15, 0.2) is 0 Å². The summed E-state index contributed by atoms with van der Waals surface area (Å²) >= 11 is 0. The molecule has 3 fully saturated rings. The SMILES string of the molecule is CC(C)(C)OC(=O)N1CC(N2[C@H]3CC[C@H]2CC(S(N)(=O)=O)C3)C1. The maximum atomic E-state index is 12.0. The number of ether oxygens (including phenoxy) is 1. The van der Waals surface area contributed by atoms with Gasteiger partial charge in [-0.1, -0.05) is 0 Å². The maximum Gasteiger partial charge on any atom is 0.410 e. The first-order chi connectivity index (χ1) is 10.5. The molecule has 2 N–H and O–H groups in total. The van der Waals surface area contributed by atoms with Crippen LogP contribution in [0.5, 0.6) is 0 Å². The molecule has 0 saturated carbocycles. The summed E-state index contributed by atoms with van der Waals surface area (Å²) in [5.74, 6) is 0. The summed E-state index contributed by atoms with van der Waals surface area (Å²) in [5.41, 5.74) is -0.477. The lowest BCUT2D eigenvalue weighted by Gasteiger charge is -2.50. The normalized spacial score (nSPS) is 32.7. The number of hydrogen-bond acceptors (Lipinski definition) is 5. The minimum atomic E-state index is -3.45. The molecule has 3 heterocycles. The van der Waals surface area contributed by atoms with Crippen molar-refractivity contribution in [1.29, 1.82) is 0 Å². The molecule has 0 aromatic heterocycles. The van der Waals surface area contributed by atoms with Crippen LogP contribution in [0.4, 0.5) is 4.79 Å². The fourth-order valence-electron chi connectivity index (χ4n) is 4.15. The first-order valence-electron chi connectivity index (χ1n) is 8.31. The minimum absolute atomic E-state index is 0.263. The highest BCUT2D eigenvalue weighted by atomic mass is 32.2. The van der Waals surface area contributed by atoms with E-state index >= 15 is 0 Å². The summed E-state index contributed by atoms with van der Waals surface area (Å²) in [6.45, 7) is 6.92. The molecule has 132 valence electrons. The van der Waals surface area contributed by atoms with Crippen LogP contribution in [0.3, 0.4) is 0 Å². The van der Waals surface area contributed by atoms with Gasteiger partial charge in [-0.05, 0) is 46.5 Å². The predicted molar refractivity (Wildman–Crippen MR) is 86.4 cm³/mol. The van der Waals surface area contributed by atoms with Crippen LogP contribution in [-0.2, 0) is 14.8 Å². The van der Waals surface area contributed by atoms with Gasteiger partial charge in [0.15, 0.2) is 0 Å². The molecule has 0 aromatic carbocycles. The Hall–Kier alpha value is -0.860. The Bertz CT molecular complexity index is 566. The van der Waals surface area contributed by atoms with Gasteiger partial charge in [-0.2, -0.15) is 0 Å². The number of fused-ring (bicyclic) bond motifs is 2. The molecule has 3 saturated heterocycles. The number of rotatable bonds is 2. The monoisotopic (exact) mass is 345 g/mol. The second kappa shape index (κ2) is 5.60. The largest absolute Gasteiger partial charge is 0.444 e. The van der Waals surface area contributed by atoms with Crippen LogP contribution in [0.1, 0.15) is 46.5 Å². The number of nitrogens with two attached hydrogens (primary N) is 1. The van der Waals surface area contributed by atoms with Crippen molar-refractivity contribution in [3.63, 3.8) is 0 Å². The number of likely N-dealkylation sites (tertiary alicyclic amines) is 1. The van der Waals surface area contributed by atoms with Gasteiger partial charge in [-0.3, -0.25) is 4.90 Å². The Balaban J connectivity index is 1.56. The summed E-state index contributed by atoms with van der Waals surface area (Å²) in [7, 11) is -3.45. The van der Waals surface area contributed by atoms with Crippen molar-refractivity contribution in [2.45, 2.75) is 75.4 Å². The molecule has 2 atom stereocenters. The first kappa shape index (κ1) is 17.0. The topological polar surface area (TPSA) is 92.9 Å². The third-order valence-corrected chi connectivity index (χ3v) is 6.46. The summed E-state index contributed by atoms with van der Waals surface area (Å²) < 4.78 is 28.6. The van der Waals surface area contributed by atoms with Crippen molar-refractivity contribution < 1.29 is 17.9 Å². The van der Waals surface area contributed by atoms with Gasteiger partial charge in [0.25, 0.3) is 0 Å². The van der Waals surface area contributed by atoms with E-state index in [1.54, 1.807) is 4.90 Å². The highest BCUT2D eigenvalue weighted by molar-refractivity contribution is 7.89. The first-order valence-corrected chi connectivity index (χ1v) is 9.92. The average Bonchev–Trinajstić information content (AvgIpc) is 2.56. The molecule has 0 spiro atoms. The molecule has 8 heteroatoms. The van der Waals surface area contributed by atoms with Crippen LogP contribution < -0.4 is 5.14 Å². The smallest absolute Gasteiger partial charge is 0.410 e. The van der Waals surface area contributed by atoms with Crippen molar-refractivity contribution in [3.8, 4) is 0 Å². The number of piperidine rings is 1. The third kappa shape index (κ3) is 3.49. The highest BCUT2D eigenvalue weighted by Gasteiger charge is 2.50. The van der Waals surface area contributed by atoms with Gasteiger partial charge in [0, 0.05) is 31.2 Å². The van der Waals surface area contributed by atoms with Crippen LogP contribution in [0.2, 0.25) is 0 Å². The Labute approximate surface area is 138 Å². The molecule has 1 amide bonds. The molecule has 23 heavy (non-hydrogen) atoms. The fraction of sp³-hybridized carbons (Fsp3) is 0.933. The van der Waals surface area contributed by atoms with E-state index in [1.807, 2.05) is 20.8 Å². The highest BCUT2D eigenvalue weighted by Crippen LogP contribution is 2.40. The zero-order chi connectivity index (χ0) is 17.0. The van der Waals surface area contributed by atoms with Crippen LogP contribution in [0, 0.1) is 0 Å². The number of carbonyl (C=O) groups is 1. The molecule has 7 nitrogen and oxygen atoms in total. The molecule has 0 aromatic rings. The molecule has 0 unspecified atom stereocenters. The minimum Gasteiger partial charge on any atom is -0.444 e. The van der Waals surface area contributed by atoms with Gasteiger partial charge in [-0.15, -0.1) is 0 Å². The van der Waals surface area contributed by atoms with E-state index in [2.05, 4.69) is 4.90 Å². The molecule has 0 aliphatic carbocycles. The van der Waals surface area contributed by atoms with E-state index in [0.717, 1.165) is 12.8 Å². The van der Waals surface area contributed by atoms with Gasteiger partial charge in [0.2, 0.25) is 10.0 Å². The van der Waals surface area contributed by atoms with Crippen LogP contribution in [0.25, 0.3) is 0 Å². The maximum absolute atomic E-state index is 12.0. The standard InChI is InChI=1S/C15H27N3O4S/c1-15(2,3)22-14(19)17-8-12(9-17)18-10-4-5-11(18)7-13(6-10)23(16,20)21/h10-13H,4-9H2,1-3H3,(H2,16,20,21)/t10-,11-/m0/s1. The van der Waals surface area contributed by atoms with Crippen molar-refractivity contribution in [2.75, 3.05) is 13.1 Å². The number of hydrogen-bond donors (Lipinski definition) is 1. The van der Waals surface area contributed by atoms with Crippen LogP contribution in [-0.4, -0.2) is 66.4 Å². The Morgan fingerprint density at radius 2 is 1.61 bits per heavy atom. The summed E-state index contributed by atoms with van der Waals surface area (Å²) in [4.78, 5) is 16.2. The van der Waals surface area contributed by atoms with Gasteiger partial charge >= 0.3 is 6.09 Å². The summed E-state index contributed by atoms with van der Waals surface area (Å²) in [6.07, 6.45) is 3.04. The van der Waals surface area contributed by atoms with Crippen molar-refractivity contribution in [3.05, 3.63) is 0 Å². The molecule has 0 radical (unpaired) electrons. The van der Waals surface area contributed by atoms with Gasteiger partial charge in [-0.25, -0.2) is 18.4 Å². The molecular weight excluding hydrogens is 318 g/mol. The lowest BCUT2D eigenvalue weighted by Crippen LogP contribution is -2.65. The Morgan fingerprint density at radius 3 is 2.04 bits per heavy atom. The zero-order valence-corrected chi connectivity index (χ0v) is 14.9. The Morgan fingerprint density at radius 1 is 1.09 bits per heavy atom. The second-order valence-corrected chi connectivity index (χ2v) is 9.90. The van der Waals surface area contributed by atoms with E-state index in [1.165, 1.54) is 0 Å². The van der Waals surface area contributed by atoms with Gasteiger partial charge in [0.1, 0.15) is 5.60 Å². The second-order valence-electron chi connectivity index (χ2n) is 8.05. The van der Waals surface area contributed by atoms with E-state index in [-0.39, 0.29) is 18.2 Å². The molecule has 2 bridgehead atoms. The number of nitrogens with zero attached hydrogens (tertiary/aromatic N) is 2. The lowest BCUT2D eigenvalue weighted by molar-refractivity contribution is -0.0339. The molecular formula is C15H27N3O4S. The number of amides is 1. The predicted octanol–water partition coefficient (Wildman–Crippen LogP) is 0.890. The average molecular weight is 345 g/mol. The Kier molecular flexibility index (Phi) is 4.13. The van der Waals surface area contributed by atoms with Crippen molar-refractivity contribution >= 4 is 16.1 Å². The fourth-order valence-corrected chi connectivity index (χ4v) is 5.13. The third-order valence-electron chi connectivity index (χ3n) is 5.15. The lowest BCUT2D eigenvalue weighted by atomic mass is 9.96. The van der Waals surface area contributed by atoms with Crippen LogP contribution >= 0.6 is 0 Å². The quantitative estimate of drug-likeness (QED) is 0.802. The molecule has 3 aliphatic rings. The van der Waals surface area contributed by atoms with Crippen molar-refractivity contribution in [2.24, 2.45) is 5.14 Å². The number of primary sulfonamides is 1. The van der Waals surface area contributed by atoms with E-state index < -0.39 is 20.9 Å². The van der Waals surface area contributed by atoms with Gasteiger partial charge in [0.05, 0.1) is 5.25 Å². The van der Waals surface area contributed by atoms with E-state index in [4.69, 9.17) is 9.88 Å². The van der Waals surface area contributed by atoms with E-state index in [0.29, 0.717) is 32.0 Å².